The molecule has 0 amide bonds. The molecule has 3 rings (SSSR count). The quantitative estimate of drug-likeness (QED) is 0.750. The van der Waals surface area contributed by atoms with Crippen molar-refractivity contribution in [2.24, 2.45) is 5.73 Å². The number of nitrogens with two attached hydrogens (primary N) is 1. The number of nitrogens with one attached hydrogen (secondary N) is 1. The average molecular weight is 248 g/mol. The highest BCUT2D eigenvalue weighted by Crippen LogP contribution is 2.14. The summed E-state index contributed by atoms with van der Waals surface area (Å²) in [7, 11) is 0. The van der Waals surface area contributed by atoms with Gasteiger partial charge in [0.25, 0.3) is 0 Å². The number of aromatic amines is 1. The summed E-state index contributed by atoms with van der Waals surface area (Å²) in [5, 5.41) is 11.2. The minimum atomic E-state index is 0.219. The second kappa shape index (κ2) is 4.73. The molecule has 96 valence electrons. The van der Waals surface area contributed by atoms with Crippen LogP contribution < -0.4 is 10.6 Å². The number of rotatable bonds is 3. The third-order valence-electron chi connectivity index (χ3n) is 3.04. The molecule has 0 bridgehead atoms. The molecule has 1 atom stereocenters. The zero-order valence-corrected chi connectivity index (χ0v) is 10.0. The van der Waals surface area contributed by atoms with E-state index in [4.69, 9.17) is 5.73 Å². The molecule has 1 fully saturated rings. The second-order valence-corrected chi connectivity index (χ2v) is 4.52. The summed E-state index contributed by atoms with van der Waals surface area (Å²) in [6.45, 7) is 2.34. The van der Waals surface area contributed by atoms with Crippen molar-refractivity contribution in [3.63, 3.8) is 0 Å². The lowest BCUT2D eigenvalue weighted by Gasteiger charge is -2.29. The average Bonchev–Trinajstić information content (AvgIpc) is 3.01. The van der Waals surface area contributed by atoms with Crippen LogP contribution in [0.4, 0.5) is 5.95 Å². The Labute approximate surface area is 104 Å². The van der Waals surface area contributed by atoms with Crippen molar-refractivity contribution in [2.75, 3.05) is 18.0 Å². The molecule has 18 heavy (non-hydrogen) atoms. The molecule has 0 spiro atoms. The van der Waals surface area contributed by atoms with Crippen molar-refractivity contribution < 1.29 is 0 Å². The van der Waals surface area contributed by atoms with Gasteiger partial charge in [0.2, 0.25) is 5.95 Å². The van der Waals surface area contributed by atoms with E-state index in [1.54, 1.807) is 11.0 Å². The maximum absolute atomic E-state index is 5.95. The van der Waals surface area contributed by atoms with Crippen molar-refractivity contribution in [3.8, 4) is 0 Å². The van der Waals surface area contributed by atoms with Crippen molar-refractivity contribution in [2.45, 2.75) is 25.4 Å². The van der Waals surface area contributed by atoms with Gasteiger partial charge in [-0.3, -0.25) is 5.10 Å². The monoisotopic (exact) mass is 248 g/mol. The summed E-state index contributed by atoms with van der Waals surface area (Å²) in [4.78, 5) is 10.5. The van der Waals surface area contributed by atoms with Gasteiger partial charge in [0.05, 0.1) is 0 Å². The minimum absolute atomic E-state index is 0.219. The van der Waals surface area contributed by atoms with Gasteiger partial charge in [0.15, 0.2) is 0 Å². The summed E-state index contributed by atoms with van der Waals surface area (Å²) in [5.74, 6) is 1.50. The molecule has 0 saturated carbocycles. The van der Waals surface area contributed by atoms with Crippen LogP contribution in [0, 0.1) is 0 Å². The number of piperidine rings is 1. The van der Waals surface area contributed by atoms with Crippen LogP contribution in [0.5, 0.6) is 0 Å². The van der Waals surface area contributed by atoms with E-state index in [2.05, 4.69) is 30.2 Å². The Bertz CT molecular complexity index is 490. The van der Waals surface area contributed by atoms with Crippen LogP contribution in [0.15, 0.2) is 12.7 Å². The molecule has 1 saturated heterocycles. The van der Waals surface area contributed by atoms with Crippen LogP contribution in [0.3, 0.4) is 0 Å². The molecule has 3 N–H and O–H groups in total. The van der Waals surface area contributed by atoms with Gasteiger partial charge in [-0.15, -0.1) is 5.10 Å². The molecule has 3 heterocycles. The highest BCUT2D eigenvalue weighted by atomic mass is 15.4. The zero-order valence-electron chi connectivity index (χ0n) is 10.0. The highest BCUT2D eigenvalue weighted by molar-refractivity contribution is 5.29. The van der Waals surface area contributed by atoms with Gasteiger partial charge in [-0.1, -0.05) is 0 Å². The topological polar surface area (TPSA) is 102 Å². The van der Waals surface area contributed by atoms with E-state index in [0.717, 1.165) is 37.7 Å². The summed E-state index contributed by atoms with van der Waals surface area (Å²) < 4.78 is 1.70. The lowest BCUT2D eigenvalue weighted by Crippen LogP contribution is -2.43. The maximum Gasteiger partial charge on any atom is 0.244 e. The Hall–Kier alpha value is -1.96. The van der Waals surface area contributed by atoms with Crippen LogP contribution >= 0.6 is 0 Å². The fourth-order valence-electron chi connectivity index (χ4n) is 2.16. The van der Waals surface area contributed by atoms with Crippen LogP contribution in [0.1, 0.15) is 18.7 Å². The predicted molar refractivity (Wildman–Crippen MR) is 64.9 cm³/mol. The Kier molecular flexibility index (Phi) is 2.93. The third kappa shape index (κ3) is 2.33. The number of nitrogens with zero attached hydrogens (tertiary/aromatic N) is 6. The van der Waals surface area contributed by atoms with Gasteiger partial charge in [0.1, 0.15) is 25.0 Å². The van der Waals surface area contributed by atoms with Crippen LogP contribution in [-0.2, 0) is 6.54 Å². The molecule has 0 radical (unpaired) electrons. The number of hydrogen-bond donors (Lipinski definition) is 2. The smallest absolute Gasteiger partial charge is 0.244 e. The third-order valence-corrected chi connectivity index (χ3v) is 3.04. The van der Waals surface area contributed by atoms with E-state index in [1.165, 1.54) is 6.33 Å². The van der Waals surface area contributed by atoms with E-state index in [0.29, 0.717) is 6.54 Å². The van der Waals surface area contributed by atoms with E-state index in [9.17, 15) is 0 Å². The number of aromatic nitrogens is 6. The first-order chi connectivity index (χ1) is 8.81. The molecular formula is C10H16N8. The van der Waals surface area contributed by atoms with Gasteiger partial charge in [-0.25, -0.2) is 9.67 Å². The van der Waals surface area contributed by atoms with Crippen LogP contribution in [-0.4, -0.2) is 49.1 Å². The zero-order chi connectivity index (χ0) is 12.4. The van der Waals surface area contributed by atoms with Crippen molar-refractivity contribution >= 4 is 5.95 Å². The minimum Gasteiger partial charge on any atom is -0.338 e. The molecule has 0 aromatic carbocycles. The van der Waals surface area contributed by atoms with E-state index in [-0.39, 0.29) is 6.04 Å². The largest absolute Gasteiger partial charge is 0.338 e. The Morgan fingerprint density at radius 3 is 3.22 bits per heavy atom. The predicted octanol–water partition coefficient (Wildman–Crippen LogP) is -0.628. The lowest BCUT2D eigenvalue weighted by molar-refractivity contribution is 0.500. The Morgan fingerprint density at radius 2 is 2.44 bits per heavy atom. The number of H-pyrrole nitrogens is 1. The number of anilines is 1. The Morgan fingerprint density at radius 1 is 1.50 bits per heavy atom. The van der Waals surface area contributed by atoms with Crippen LogP contribution in [0.2, 0.25) is 0 Å². The first-order valence-corrected chi connectivity index (χ1v) is 6.05. The number of hydrogen-bond acceptors (Lipinski definition) is 6. The Balaban J connectivity index is 1.69. The molecule has 1 aliphatic rings. The highest BCUT2D eigenvalue weighted by Gasteiger charge is 2.20. The fraction of sp³-hybridized carbons (Fsp3) is 0.600. The molecule has 2 aromatic heterocycles. The van der Waals surface area contributed by atoms with Gasteiger partial charge in [0, 0.05) is 19.1 Å². The lowest BCUT2D eigenvalue weighted by atomic mass is 10.1. The fourth-order valence-corrected chi connectivity index (χ4v) is 2.16. The summed E-state index contributed by atoms with van der Waals surface area (Å²) in [6, 6.07) is 0.219. The van der Waals surface area contributed by atoms with Crippen molar-refractivity contribution in [3.05, 3.63) is 18.5 Å². The summed E-state index contributed by atoms with van der Waals surface area (Å²) in [6.07, 6.45) is 5.32. The summed E-state index contributed by atoms with van der Waals surface area (Å²) in [5.41, 5.74) is 5.95. The first kappa shape index (κ1) is 11.1. The van der Waals surface area contributed by atoms with Crippen molar-refractivity contribution in [1.82, 2.24) is 29.9 Å². The van der Waals surface area contributed by atoms with E-state index < -0.39 is 0 Å². The molecule has 1 unspecified atom stereocenters. The van der Waals surface area contributed by atoms with Crippen LogP contribution in [0.25, 0.3) is 0 Å². The first-order valence-electron chi connectivity index (χ1n) is 6.05. The SMILES string of the molecule is NC1CCCN(c2n[nH]c(Cn3cncn3)n2)C1. The maximum atomic E-state index is 5.95. The van der Waals surface area contributed by atoms with Gasteiger partial charge >= 0.3 is 0 Å². The van der Waals surface area contributed by atoms with Gasteiger partial charge in [-0.2, -0.15) is 10.1 Å². The molecule has 0 aliphatic carbocycles. The molecular weight excluding hydrogens is 232 g/mol. The van der Waals surface area contributed by atoms with E-state index >= 15 is 0 Å². The molecule has 2 aromatic rings. The standard InChI is InChI=1S/C10H16N8/c11-8-2-1-3-17(4-8)10-14-9(15-16-10)5-18-7-12-6-13-18/h6-8H,1-5,11H2,(H,14,15,16). The molecule has 8 nitrogen and oxygen atoms in total. The molecule has 1 aliphatic heterocycles. The van der Waals surface area contributed by atoms with Gasteiger partial charge in [-0.05, 0) is 12.8 Å². The second-order valence-electron chi connectivity index (χ2n) is 4.52. The molecule has 8 heteroatoms. The van der Waals surface area contributed by atoms with E-state index in [1.807, 2.05) is 0 Å². The van der Waals surface area contributed by atoms with Crippen molar-refractivity contribution in [1.29, 1.82) is 0 Å². The van der Waals surface area contributed by atoms with Gasteiger partial charge < -0.3 is 10.6 Å². The summed E-state index contributed by atoms with van der Waals surface area (Å²) >= 11 is 0. The normalized spacial score (nSPS) is 20.3.